The van der Waals surface area contributed by atoms with Gasteiger partial charge in [0, 0.05) is 32.3 Å². The van der Waals surface area contributed by atoms with Crippen LogP contribution in [0.5, 0.6) is 0 Å². The molecule has 1 amide bonds. The number of carbonyl (C=O) groups excluding carboxylic acids is 1. The van der Waals surface area contributed by atoms with Crippen LogP contribution in [-0.2, 0) is 11.3 Å². The summed E-state index contributed by atoms with van der Waals surface area (Å²) in [6.45, 7) is 13.1. The fourth-order valence-corrected chi connectivity index (χ4v) is 3.11. The number of imidazole rings is 1. The lowest BCUT2D eigenvalue weighted by molar-refractivity contribution is -0.124. The zero-order valence-corrected chi connectivity index (χ0v) is 16.1. The van der Waals surface area contributed by atoms with Crippen LogP contribution >= 0.6 is 0 Å². The minimum Gasteiger partial charge on any atom is -0.329 e. The van der Waals surface area contributed by atoms with E-state index >= 15 is 0 Å². The first-order chi connectivity index (χ1) is 12.4. The lowest BCUT2D eigenvalue weighted by Crippen LogP contribution is -2.34. The molecule has 0 saturated carbocycles. The maximum absolute atomic E-state index is 11.1. The van der Waals surface area contributed by atoms with Crippen molar-refractivity contribution in [2.45, 2.75) is 34.2 Å². The van der Waals surface area contributed by atoms with Crippen molar-refractivity contribution in [3.8, 4) is 0 Å². The number of nitrogens with zero attached hydrogens (tertiary/aromatic N) is 3. The summed E-state index contributed by atoms with van der Waals surface area (Å²) in [6.07, 6.45) is 4.81. The molecular weight excluding hydrogens is 328 g/mol. The van der Waals surface area contributed by atoms with Crippen LogP contribution in [0.1, 0.15) is 33.3 Å². The summed E-state index contributed by atoms with van der Waals surface area (Å²) in [5, 5.41) is 8.53. The number of carbonyl (C=O) groups is 1. The van der Waals surface area contributed by atoms with Gasteiger partial charge in [0.15, 0.2) is 0 Å². The number of nitrogens with one attached hydrogen (secondary N) is 1. The Morgan fingerprint density at radius 3 is 2.58 bits per heavy atom. The third kappa shape index (κ3) is 5.97. The maximum Gasteiger partial charge on any atom is 0.267 e. The number of aromatic nitrogens is 2. The lowest BCUT2D eigenvalue weighted by Gasteiger charge is -2.26. The Bertz CT molecular complexity index is 739. The SMILES string of the molecule is CC(C)CN(CCn1cnc2cc(/C=C/C(=O)NO)ccc21)CC(C)C. The van der Waals surface area contributed by atoms with E-state index in [0.29, 0.717) is 11.8 Å². The molecule has 0 atom stereocenters. The van der Waals surface area contributed by atoms with E-state index in [4.69, 9.17) is 5.21 Å². The van der Waals surface area contributed by atoms with E-state index in [-0.39, 0.29) is 0 Å². The topological polar surface area (TPSA) is 70.4 Å². The molecule has 0 unspecified atom stereocenters. The van der Waals surface area contributed by atoms with Crippen LogP contribution in [-0.4, -0.2) is 45.2 Å². The van der Waals surface area contributed by atoms with E-state index in [2.05, 4.69) is 42.1 Å². The second kappa shape index (κ2) is 9.50. The second-order valence-electron chi connectivity index (χ2n) is 7.54. The van der Waals surface area contributed by atoms with Crippen molar-refractivity contribution in [3.05, 3.63) is 36.2 Å². The highest BCUT2D eigenvalue weighted by Crippen LogP contribution is 2.16. The zero-order valence-electron chi connectivity index (χ0n) is 16.1. The van der Waals surface area contributed by atoms with Crippen molar-refractivity contribution in [1.29, 1.82) is 0 Å². The number of hydrogen-bond donors (Lipinski definition) is 2. The van der Waals surface area contributed by atoms with E-state index in [9.17, 15) is 4.79 Å². The van der Waals surface area contributed by atoms with Gasteiger partial charge in [-0.25, -0.2) is 10.5 Å². The second-order valence-corrected chi connectivity index (χ2v) is 7.54. The van der Waals surface area contributed by atoms with Gasteiger partial charge in [0.1, 0.15) is 0 Å². The Balaban J connectivity index is 2.08. The highest BCUT2D eigenvalue weighted by atomic mass is 16.5. The van der Waals surface area contributed by atoms with Crippen LogP contribution in [0.4, 0.5) is 0 Å². The van der Waals surface area contributed by atoms with Crippen molar-refractivity contribution in [2.75, 3.05) is 19.6 Å². The van der Waals surface area contributed by atoms with Crippen LogP contribution in [0.3, 0.4) is 0 Å². The standard InChI is InChI=1S/C20H30N4O2/c1-15(2)12-23(13-16(3)4)9-10-24-14-21-18-11-17(5-7-19(18)24)6-8-20(25)22-26/h5-8,11,14-16,26H,9-10,12-13H2,1-4H3,(H,22,25)/b8-6+. The van der Waals surface area contributed by atoms with Gasteiger partial charge in [-0.2, -0.15) is 0 Å². The maximum atomic E-state index is 11.1. The molecule has 0 aliphatic carbocycles. The number of hydrogen-bond acceptors (Lipinski definition) is 4. The Hall–Kier alpha value is -2.18. The monoisotopic (exact) mass is 358 g/mol. The molecule has 1 aromatic carbocycles. The number of amides is 1. The van der Waals surface area contributed by atoms with Crippen molar-refractivity contribution >= 4 is 23.0 Å². The Kier molecular flexibility index (Phi) is 7.36. The van der Waals surface area contributed by atoms with E-state index < -0.39 is 5.91 Å². The molecule has 0 saturated heterocycles. The normalized spacial score (nSPS) is 12.2. The van der Waals surface area contributed by atoms with E-state index in [1.54, 1.807) is 11.6 Å². The van der Waals surface area contributed by atoms with Gasteiger partial charge in [0.2, 0.25) is 0 Å². The minimum absolute atomic E-state index is 0.550. The fourth-order valence-electron chi connectivity index (χ4n) is 3.11. The molecule has 0 aliphatic rings. The molecule has 2 aromatic rings. The van der Waals surface area contributed by atoms with Crippen molar-refractivity contribution in [3.63, 3.8) is 0 Å². The molecule has 0 spiro atoms. The number of fused-ring (bicyclic) bond motifs is 1. The van der Waals surface area contributed by atoms with Gasteiger partial charge in [-0.3, -0.25) is 10.0 Å². The van der Waals surface area contributed by atoms with E-state index in [1.807, 2.05) is 24.5 Å². The van der Waals surface area contributed by atoms with Crippen LogP contribution in [0.25, 0.3) is 17.1 Å². The summed E-state index contributed by atoms with van der Waals surface area (Å²) < 4.78 is 2.18. The molecule has 0 fully saturated rings. The Morgan fingerprint density at radius 2 is 1.96 bits per heavy atom. The minimum atomic E-state index is -0.550. The summed E-state index contributed by atoms with van der Waals surface area (Å²) in [6, 6.07) is 5.91. The first-order valence-electron chi connectivity index (χ1n) is 9.18. The van der Waals surface area contributed by atoms with Gasteiger partial charge >= 0.3 is 0 Å². The van der Waals surface area contributed by atoms with Crippen LogP contribution < -0.4 is 5.48 Å². The summed E-state index contributed by atoms with van der Waals surface area (Å²) in [5.41, 5.74) is 4.43. The van der Waals surface area contributed by atoms with Crippen molar-refractivity contribution < 1.29 is 10.0 Å². The zero-order chi connectivity index (χ0) is 19.1. The molecule has 2 N–H and O–H groups in total. The third-order valence-electron chi connectivity index (χ3n) is 4.09. The number of benzene rings is 1. The highest BCUT2D eigenvalue weighted by Gasteiger charge is 2.11. The molecular formula is C20H30N4O2. The Morgan fingerprint density at radius 1 is 1.27 bits per heavy atom. The smallest absolute Gasteiger partial charge is 0.267 e. The molecule has 26 heavy (non-hydrogen) atoms. The molecule has 6 heteroatoms. The van der Waals surface area contributed by atoms with Gasteiger partial charge in [-0.15, -0.1) is 0 Å². The fraction of sp³-hybridized carbons (Fsp3) is 0.500. The summed E-state index contributed by atoms with van der Waals surface area (Å²) >= 11 is 0. The number of hydroxylamine groups is 1. The molecule has 0 radical (unpaired) electrons. The number of rotatable bonds is 9. The van der Waals surface area contributed by atoms with Gasteiger partial charge in [-0.1, -0.05) is 33.8 Å². The molecule has 0 aliphatic heterocycles. The predicted octanol–water partition coefficient (Wildman–Crippen LogP) is 3.17. The van der Waals surface area contributed by atoms with Gasteiger partial charge in [0.25, 0.3) is 5.91 Å². The van der Waals surface area contributed by atoms with Gasteiger partial charge in [0.05, 0.1) is 17.4 Å². The molecule has 142 valence electrons. The Labute approximate surface area is 155 Å². The average molecular weight is 358 g/mol. The first kappa shape index (κ1) is 20.1. The molecule has 1 aromatic heterocycles. The molecule has 6 nitrogen and oxygen atoms in total. The van der Waals surface area contributed by atoms with E-state index in [0.717, 1.165) is 42.8 Å². The van der Waals surface area contributed by atoms with Crippen LogP contribution in [0.15, 0.2) is 30.6 Å². The molecule has 0 bridgehead atoms. The van der Waals surface area contributed by atoms with Gasteiger partial charge in [-0.05, 0) is 35.6 Å². The van der Waals surface area contributed by atoms with Crippen LogP contribution in [0.2, 0.25) is 0 Å². The molecule has 1 heterocycles. The highest BCUT2D eigenvalue weighted by molar-refractivity contribution is 5.91. The lowest BCUT2D eigenvalue weighted by atomic mass is 10.1. The van der Waals surface area contributed by atoms with E-state index in [1.165, 1.54) is 6.08 Å². The van der Waals surface area contributed by atoms with Gasteiger partial charge < -0.3 is 9.47 Å². The molecule has 2 rings (SSSR count). The quantitative estimate of drug-likeness (QED) is 0.410. The summed E-state index contributed by atoms with van der Waals surface area (Å²) in [5.74, 6) is 0.753. The van der Waals surface area contributed by atoms with Crippen molar-refractivity contribution in [1.82, 2.24) is 19.9 Å². The summed E-state index contributed by atoms with van der Waals surface area (Å²) in [7, 11) is 0. The third-order valence-corrected chi connectivity index (χ3v) is 4.09. The van der Waals surface area contributed by atoms with Crippen LogP contribution in [0, 0.1) is 11.8 Å². The van der Waals surface area contributed by atoms with Crippen molar-refractivity contribution in [2.24, 2.45) is 11.8 Å². The average Bonchev–Trinajstić information content (AvgIpc) is 2.98. The summed E-state index contributed by atoms with van der Waals surface area (Å²) in [4.78, 5) is 18.1. The largest absolute Gasteiger partial charge is 0.329 e. The predicted molar refractivity (Wildman–Crippen MR) is 105 cm³/mol. The first-order valence-corrected chi connectivity index (χ1v) is 9.18.